The molecule has 4 rings (SSSR count). The lowest BCUT2D eigenvalue weighted by Gasteiger charge is -2.28. The lowest BCUT2D eigenvalue weighted by atomic mass is 10.1. The molecular weight excluding hydrogens is 379 g/mol. The van der Waals surface area contributed by atoms with Crippen LogP contribution in [0.4, 0.5) is 10.2 Å². The predicted octanol–water partition coefficient (Wildman–Crippen LogP) is 2.72. The number of anilines is 1. The zero-order chi connectivity index (χ0) is 20.4. The summed E-state index contributed by atoms with van der Waals surface area (Å²) < 4.78 is 18.7. The molecule has 0 saturated carbocycles. The number of aromatic carboxylic acids is 1. The van der Waals surface area contributed by atoms with Crippen LogP contribution in [-0.2, 0) is 6.61 Å². The third-order valence-electron chi connectivity index (χ3n) is 4.86. The summed E-state index contributed by atoms with van der Waals surface area (Å²) in [6.07, 6.45) is 4.28. The van der Waals surface area contributed by atoms with Gasteiger partial charge in [0.2, 0.25) is 5.43 Å². The van der Waals surface area contributed by atoms with Gasteiger partial charge in [0.05, 0.1) is 0 Å². The molecule has 2 N–H and O–H groups in total. The summed E-state index contributed by atoms with van der Waals surface area (Å²) in [7, 11) is 0. The van der Waals surface area contributed by atoms with E-state index in [1.807, 2.05) is 4.90 Å². The van der Waals surface area contributed by atoms with Crippen molar-refractivity contribution in [1.29, 1.82) is 0 Å². The Bertz CT molecular complexity index is 1110. The molecule has 8 nitrogen and oxygen atoms in total. The Labute approximate surface area is 165 Å². The van der Waals surface area contributed by atoms with Crippen LogP contribution in [0.25, 0.3) is 11.0 Å². The molecule has 0 amide bonds. The Morgan fingerprint density at radius 1 is 1.17 bits per heavy atom. The number of carboxylic acid groups (broad SMARTS) is 1. The van der Waals surface area contributed by atoms with Crippen molar-refractivity contribution in [2.45, 2.75) is 25.9 Å². The summed E-state index contributed by atoms with van der Waals surface area (Å²) in [4.78, 5) is 37.5. The zero-order valence-corrected chi connectivity index (χ0v) is 15.5. The van der Waals surface area contributed by atoms with Crippen molar-refractivity contribution in [2.24, 2.45) is 0 Å². The Morgan fingerprint density at radius 2 is 1.90 bits per heavy atom. The molecule has 2 aromatic heterocycles. The highest BCUT2D eigenvalue weighted by atomic mass is 19.1. The zero-order valence-electron chi connectivity index (χ0n) is 15.5. The van der Waals surface area contributed by atoms with Gasteiger partial charge in [-0.1, -0.05) is 12.1 Å². The number of carbonyl (C=O) groups is 1. The average Bonchev–Trinajstić information content (AvgIpc) is 2.74. The number of fused-ring (bicyclic) bond motifs is 1. The van der Waals surface area contributed by atoms with E-state index in [1.165, 1.54) is 18.3 Å². The van der Waals surface area contributed by atoms with Crippen molar-refractivity contribution in [1.82, 2.24) is 15.0 Å². The first-order valence-corrected chi connectivity index (χ1v) is 9.32. The summed E-state index contributed by atoms with van der Waals surface area (Å²) in [6.45, 7) is 1.63. The van der Waals surface area contributed by atoms with Crippen molar-refractivity contribution in [3.63, 3.8) is 0 Å². The molecule has 0 bridgehead atoms. The second-order valence-corrected chi connectivity index (χ2v) is 6.85. The fourth-order valence-corrected chi connectivity index (χ4v) is 3.35. The van der Waals surface area contributed by atoms with Gasteiger partial charge < -0.3 is 19.7 Å². The third kappa shape index (κ3) is 3.89. The first-order valence-electron chi connectivity index (χ1n) is 9.32. The largest absolute Gasteiger partial charge is 0.477 e. The van der Waals surface area contributed by atoms with Gasteiger partial charge in [0, 0.05) is 19.3 Å². The summed E-state index contributed by atoms with van der Waals surface area (Å²) in [5.41, 5.74) is -0.0303. The number of halogens is 1. The topological polar surface area (TPSA) is 108 Å². The van der Waals surface area contributed by atoms with Crippen LogP contribution in [0, 0.1) is 5.82 Å². The van der Waals surface area contributed by atoms with E-state index in [0.29, 0.717) is 16.9 Å². The molecule has 0 spiro atoms. The van der Waals surface area contributed by atoms with E-state index < -0.39 is 17.0 Å². The highest BCUT2D eigenvalue weighted by Crippen LogP contribution is 2.26. The molecule has 0 atom stereocenters. The van der Waals surface area contributed by atoms with Crippen molar-refractivity contribution < 1.29 is 19.0 Å². The molecule has 150 valence electrons. The van der Waals surface area contributed by atoms with Crippen molar-refractivity contribution >= 4 is 22.8 Å². The second kappa shape index (κ2) is 7.86. The minimum atomic E-state index is -1.33. The van der Waals surface area contributed by atoms with Crippen LogP contribution in [0.5, 0.6) is 6.01 Å². The standard InChI is InChI=1S/C20H19FN4O4/c21-13-6-4-12(5-7-13)11-29-20-23-15-16(22-10-14(17(15)26)19(27)28)18(24-20)25-8-2-1-3-9-25/h4-7,10H,1-3,8-9,11H2,(H,22,26)(H,27,28). The summed E-state index contributed by atoms with van der Waals surface area (Å²) in [5.74, 6) is -1.17. The number of H-pyrrole nitrogens is 1. The number of aromatic nitrogens is 3. The number of hydrogen-bond acceptors (Lipinski definition) is 6. The third-order valence-corrected chi connectivity index (χ3v) is 4.86. The van der Waals surface area contributed by atoms with E-state index in [-0.39, 0.29) is 24.0 Å². The van der Waals surface area contributed by atoms with Gasteiger partial charge in [0.15, 0.2) is 5.82 Å². The number of pyridine rings is 1. The minimum absolute atomic E-state index is 0.0320. The van der Waals surface area contributed by atoms with Crippen LogP contribution in [-0.4, -0.2) is 39.1 Å². The quantitative estimate of drug-likeness (QED) is 0.680. The van der Waals surface area contributed by atoms with Gasteiger partial charge in [-0.2, -0.15) is 9.97 Å². The van der Waals surface area contributed by atoms with Crippen LogP contribution < -0.4 is 15.1 Å². The molecule has 29 heavy (non-hydrogen) atoms. The molecule has 0 radical (unpaired) electrons. The van der Waals surface area contributed by atoms with E-state index in [2.05, 4.69) is 15.0 Å². The fraction of sp³-hybridized carbons (Fsp3) is 0.300. The van der Waals surface area contributed by atoms with Crippen molar-refractivity contribution in [3.05, 3.63) is 57.6 Å². The van der Waals surface area contributed by atoms with E-state index in [0.717, 1.165) is 32.4 Å². The van der Waals surface area contributed by atoms with Crippen LogP contribution in [0.2, 0.25) is 0 Å². The maximum atomic E-state index is 13.1. The van der Waals surface area contributed by atoms with Crippen molar-refractivity contribution in [3.8, 4) is 6.01 Å². The van der Waals surface area contributed by atoms with E-state index in [4.69, 9.17) is 4.74 Å². The predicted molar refractivity (Wildman–Crippen MR) is 104 cm³/mol. The Morgan fingerprint density at radius 3 is 2.59 bits per heavy atom. The van der Waals surface area contributed by atoms with E-state index >= 15 is 0 Å². The maximum Gasteiger partial charge on any atom is 0.341 e. The molecule has 3 heterocycles. The number of carboxylic acids is 1. The molecule has 0 unspecified atom stereocenters. The SMILES string of the molecule is O=C(O)c1c[nH]c2c(N3CCCCC3)nc(OCc3ccc(F)cc3)nc2c1=O. The van der Waals surface area contributed by atoms with Crippen LogP contribution >= 0.6 is 0 Å². The van der Waals surface area contributed by atoms with Gasteiger partial charge in [0.25, 0.3) is 0 Å². The first-order chi connectivity index (χ1) is 14.0. The van der Waals surface area contributed by atoms with Crippen molar-refractivity contribution in [2.75, 3.05) is 18.0 Å². The van der Waals surface area contributed by atoms with Gasteiger partial charge in [-0.3, -0.25) is 4.79 Å². The van der Waals surface area contributed by atoms with Gasteiger partial charge in [-0.25, -0.2) is 9.18 Å². The Hall–Kier alpha value is -3.49. The van der Waals surface area contributed by atoms with Gasteiger partial charge in [0.1, 0.15) is 29.0 Å². The maximum absolute atomic E-state index is 13.1. The molecule has 0 aliphatic carbocycles. The summed E-state index contributed by atoms with van der Waals surface area (Å²) in [5, 5.41) is 9.25. The van der Waals surface area contributed by atoms with Gasteiger partial charge >= 0.3 is 12.0 Å². The van der Waals surface area contributed by atoms with E-state index in [9.17, 15) is 19.1 Å². The number of rotatable bonds is 5. The smallest absolute Gasteiger partial charge is 0.341 e. The normalized spacial score (nSPS) is 14.2. The van der Waals surface area contributed by atoms with Gasteiger partial charge in [-0.05, 0) is 37.0 Å². The van der Waals surface area contributed by atoms with E-state index in [1.54, 1.807) is 12.1 Å². The van der Waals surface area contributed by atoms with Crippen LogP contribution in [0.3, 0.4) is 0 Å². The second-order valence-electron chi connectivity index (χ2n) is 6.85. The fourth-order valence-electron chi connectivity index (χ4n) is 3.35. The highest BCUT2D eigenvalue weighted by Gasteiger charge is 2.22. The number of nitrogens with zero attached hydrogens (tertiary/aromatic N) is 3. The summed E-state index contributed by atoms with van der Waals surface area (Å²) >= 11 is 0. The van der Waals surface area contributed by atoms with Gasteiger partial charge in [-0.15, -0.1) is 0 Å². The number of piperidine rings is 1. The lowest BCUT2D eigenvalue weighted by molar-refractivity contribution is 0.0695. The van der Waals surface area contributed by atoms with Crippen LogP contribution in [0.1, 0.15) is 35.2 Å². The molecule has 1 saturated heterocycles. The number of aromatic amines is 1. The average molecular weight is 398 g/mol. The molecule has 1 aliphatic rings. The highest BCUT2D eigenvalue weighted by molar-refractivity contribution is 5.94. The molecule has 1 aliphatic heterocycles. The number of nitrogens with one attached hydrogen (secondary N) is 1. The van der Waals surface area contributed by atoms with Crippen LogP contribution in [0.15, 0.2) is 35.3 Å². The lowest BCUT2D eigenvalue weighted by Crippen LogP contribution is -2.31. The number of ether oxygens (including phenoxy) is 1. The molecule has 3 aromatic rings. The molecule has 9 heteroatoms. The Kier molecular flexibility index (Phi) is 5.11. The first kappa shape index (κ1) is 18.9. The Balaban J connectivity index is 1.76. The minimum Gasteiger partial charge on any atom is -0.477 e. The molecule has 1 fully saturated rings. The number of benzene rings is 1. The summed E-state index contributed by atoms with van der Waals surface area (Å²) in [6, 6.07) is 5.77. The molecule has 1 aromatic carbocycles. The molecular formula is C20H19FN4O4. The monoisotopic (exact) mass is 398 g/mol. The number of hydrogen-bond donors (Lipinski definition) is 2.